The van der Waals surface area contributed by atoms with E-state index in [0.29, 0.717) is 0 Å². The first kappa shape index (κ1) is 25.9. The molecule has 0 bridgehead atoms. The van der Waals surface area contributed by atoms with Crippen LogP contribution in [0.1, 0.15) is 142 Å². The lowest BCUT2D eigenvalue weighted by Crippen LogP contribution is -2.25. The van der Waals surface area contributed by atoms with Crippen LogP contribution in [-0.4, -0.2) is 22.4 Å². The van der Waals surface area contributed by atoms with E-state index in [2.05, 4.69) is 13.8 Å². The van der Waals surface area contributed by atoms with Crippen molar-refractivity contribution in [1.29, 1.82) is 0 Å². The second-order valence-electron chi connectivity index (χ2n) is 8.37. The maximum absolute atomic E-state index is 10.1. The predicted molar refractivity (Wildman–Crippen MR) is 116 cm³/mol. The van der Waals surface area contributed by atoms with Crippen LogP contribution in [0.2, 0.25) is 0 Å². The van der Waals surface area contributed by atoms with Gasteiger partial charge in [0.05, 0.1) is 12.2 Å². The number of hydrogen-bond acceptors (Lipinski definition) is 2. The zero-order chi connectivity index (χ0) is 19.3. The zero-order valence-electron chi connectivity index (χ0n) is 18.2. The van der Waals surface area contributed by atoms with Crippen molar-refractivity contribution in [1.82, 2.24) is 0 Å². The molecule has 2 N–H and O–H groups in total. The van der Waals surface area contributed by atoms with Crippen molar-refractivity contribution in [2.75, 3.05) is 0 Å². The van der Waals surface area contributed by atoms with Crippen molar-refractivity contribution < 1.29 is 10.2 Å². The van der Waals surface area contributed by atoms with Crippen LogP contribution >= 0.6 is 0 Å². The molecule has 0 spiro atoms. The van der Waals surface area contributed by atoms with Crippen molar-refractivity contribution in [2.45, 2.75) is 154 Å². The monoisotopic (exact) mass is 370 g/mol. The third-order valence-electron chi connectivity index (χ3n) is 5.65. The van der Waals surface area contributed by atoms with Gasteiger partial charge in [-0.05, 0) is 12.8 Å². The van der Waals surface area contributed by atoms with E-state index in [0.717, 1.165) is 25.7 Å². The summed E-state index contributed by atoms with van der Waals surface area (Å²) >= 11 is 0. The van der Waals surface area contributed by atoms with Crippen molar-refractivity contribution >= 4 is 0 Å². The molecule has 26 heavy (non-hydrogen) atoms. The molecule has 0 aliphatic carbocycles. The molecule has 0 saturated carbocycles. The average Bonchev–Trinajstić information content (AvgIpc) is 2.65. The zero-order valence-corrected chi connectivity index (χ0v) is 18.2. The lowest BCUT2D eigenvalue weighted by atomic mass is 9.99. The Hall–Kier alpha value is -0.0800. The third-order valence-corrected chi connectivity index (χ3v) is 5.65. The van der Waals surface area contributed by atoms with E-state index >= 15 is 0 Å². The van der Waals surface area contributed by atoms with Gasteiger partial charge in [-0.15, -0.1) is 0 Å². The fourth-order valence-corrected chi connectivity index (χ4v) is 3.71. The number of aliphatic hydroxyl groups is 2. The Morgan fingerprint density at radius 3 is 0.885 bits per heavy atom. The molecule has 0 amide bonds. The van der Waals surface area contributed by atoms with Gasteiger partial charge in [0.2, 0.25) is 0 Å². The SMILES string of the molecule is CCCCCCCCCCCCCCC(O)C(O)CCCCCCCC. The lowest BCUT2D eigenvalue weighted by molar-refractivity contribution is 0.00712. The molecule has 0 aliphatic heterocycles. The normalized spacial score (nSPS) is 13.8. The third kappa shape index (κ3) is 18.7. The molecule has 158 valence electrons. The van der Waals surface area contributed by atoms with E-state index in [-0.39, 0.29) is 0 Å². The van der Waals surface area contributed by atoms with Gasteiger partial charge in [-0.25, -0.2) is 0 Å². The average molecular weight is 371 g/mol. The summed E-state index contributed by atoms with van der Waals surface area (Å²) in [5.41, 5.74) is 0. The maximum Gasteiger partial charge on any atom is 0.0799 e. The first-order valence-corrected chi connectivity index (χ1v) is 12.1. The molecule has 0 aromatic heterocycles. The predicted octanol–water partition coefficient (Wildman–Crippen LogP) is 7.55. The standard InChI is InChI=1S/C24H50O2/c1-3-5-7-9-11-12-13-14-15-16-18-20-22-24(26)23(25)21-19-17-10-8-6-4-2/h23-26H,3-22H2,1-2H3. The van der Waals surface area contributed by atoms with Crippen LogP contribution in [-0.2, 0) is 0 Å². The van der Waals surface area contributed by atoms with Gasteiger partial charge in [0.25, 0.3) is 0 Å². The van der Waals surface area contributed by atoms with Crippen LogP contribution < -0.4 is 0 Å². The molecule has 0 saturated heterocycles. The number of hydrogen-bond donors (Lipinski definition) is 2. The van der Waals surface area contributed by atoms with Gasteiger partial charge in [-0.1, -0.05) is 129 Å². The molecular weight excluding hydrogens is 320 g/mol. The van der Waals surface area contributed by atoms with Crippen LogP contribution in [0.25, 0.3) is 0 Å². The minimum Gasteiger partial charge on any atom is -0.390 e. The van der Waals surface area contributed by atoms with Crippen molar-refractivity contribution in [2.24, 2.45) is 0 Å². The van der Waals surface area contributed by atoms with E-state index in [1.165, 1.54) is 103 Å². The second kappa shape index (κ2) is 21.2. The summed E-state index contributed by atoms with van der Waals surface area (Å²) < 4.78 is 0. The van der Waals surface area contributed by atoms with Gasteiger partial charge in [0.15, 0.2) is 0 Å². The highest BCUT2D eigenvalue weighted by molar-refractivity contribution is 4.67. The Morgan fingerprint density at radius 2 is 0.615 bits per heavy atom. The summed E-state index contributed by atoms with van der Waals surface area (Å²) in [7, 11) is 0. The maximum atomic E-state index is 10.1. The Kier molecular flexibility index (Phi) is 21.2. The molecule has 2 unspecified atom stereocenters. The van der Waals surface area contributed by atoms with Crippen molar-refractivity contribution in [3.05, 3.63) is 0 Å². The minimum absolute atomic E-state index is 0.506. The van der Waals surface area contributed by atoms with Gasteiger partial charge in [-0.2, -0.15) is 0 Å². The first-order chi connectivity index (χ1) is 12.7. The molecule has 0 heterocycles. The van der Waals surface area contributed by atoms with Gasteiger partial charge in [0, 0.05) is 0 Å². The van der Waals surface area contributed by atoms with Crippen molar-refractivity contribution in [3.63, 3.8) is 0 Å². The van der Waals surface area contributed by atoms with Crippen molar-refractivity contribution in [3.8, 4) is 0 Å². The molecular formula is C24H50O2. The Balaban J connectivity index is 3.28. The van der Waals surface area contributed by atoms with Crippen LogP contribution in [0.4, 0.5) is 0 Å². The van der Waals surface area contributed by atoms with E-state index < -0.39 is 12.2 Å². The Bertz CT molecular complexity index is 255. The largest absolute Gasteiger partial charge is 0.390 e. The highest BCUT2D eigenvalue weighted by Crippen LogP contribution is 2.16. The van der Waals surface area contributed by atoms with Gasteiger partial charge in [-0.3, -0.25) is 0 Å². The Labute approximate surface area is 165 Å². The van der Waals surface area contributed by atoms with Crippen LogP contribution in [0.3, 0.4) is 0 Å². The number of unbranched alkanes of at least 4 members (excludes halogenated alkanes) is 16. The molecule has 0 rings (SSSR count). The summed E-state index contributed by atoms with van der Waals surface area (Å²) in [6.07, 6.45) is 24.0. The summed E-state index contributed by atoms with van der Waals surface area (Å²) in [4.78, 5) is 0. The van der Waals surface area contributed by atoms with E-state index in [9.17, 15) is 10.2 Å². The van der Waals surface area contributed by atoms with E-state index in [1.807, 2.05) is 0 Å². The first-order valence-electron chi connectivity index (χ1n) is 12.1. The fourth-order valence-electron chi connectivity index (χ4n) is 3.71. The van der Waals surface area contributed by atoms with E-state index in [1.54, 1.807) is 0 Å². The summed E-state index contributed by atoms with van der Waals surface area (Å²) in [6.45, 7) is 4.50. The molecule has 0 fully saturated rings. The number of aliphatic hydroxyl groups excluding tert-OH is 2. The molecule has 2 atom stereocenters. The fraction of sp³-hybridized carbons (Fsp3) is 1.00. The van der Waals surface area contributed by atoms with Crippen LogP contribution in [0.5, 0.6) is 0 Å². The smallest absolute Gasteiger partial charge is 0.0799 e. The highest BCUT2D eigenvalue weighted by atomic mass is 16.3. The molecule has 0 aromatic rings. The lowest BCUT2D eigenvalue weighted by Gasteiger charge is -2.17. The molecule has 0 aromatic carbocycles. The molecule has 0 aliphatic rings. The van der Waals surface area contributed by atoms with Crippen LogP contribution in [0, 0.1) is 0 Å². The molecule has 0 radical (unpaired) electrons. The number of rotatable bonds is 21. The second-order valence-corrected chi connectivity index (χ2v) is 8.37. The summed E-state index contributed by atoms with van der Waals surface area (Å²) in [5.74, 6) is 0. The van der Waals surface area contributed by atoms with E-state index in [4.69, 9.17) is 0 Å². The minimum atomic E-state index is -0.506. The highest BCUT2D eigenvalue weighted by Gasteiger charge is 2.15. The molecule has 2 nitrogen and oxygen atoms in total. The Morgan fingerprint density at radius 1 is 0.385 bits per heavy atom. The van der Waals surface area contributed by atoms with Gasteiger partial charge in [0.1, 0.15) is 0 Å². The summed E-state index contributed by atoms with van der Waals surface area (Å²) in [6, 6.07) is 0. The van der Waals surface area contributed by atoms with Gasteiger partial charge < -0.3 is 10.2 Å². The molecule has 2 heteroatoms. The topological polar surface area (TPSA) is 40.5 Å². The van der Waals surface area contributed by atoms with Crippen LogP contribution in [0.15, 0.2) is 0 Å². The quantitative estimate of drug-likeness (QED) is 0.205. The van der Waals surface area contributed by atoms with Gasteiger partial charge >= 0.3 is 0 Å². The summed E-state index contributed by atoms with van der Waals surface area (Å²) in [5, 5.41) is 20.1.